The molecule has 0 aliphatic carbocycles. The Morgan fingerprint density at radius 1 is 0.312 bits per heavy atom. The van der Waals surface area contributed by atoms with E-state index in [0.29, 0.717) is 24.7 Å². The molecule has 0 aromatic heterocycles. The highest BCUT2D eigenvalue weighted by molar-refractivity contribution is 6.02. The number of ether oxygens (including phenoxy) is 2. The molecule has 4 atom stereocenters. The van der Waals surface area contributed by atoms with Crippen LogP contribution in [0.5, 0.6) is 11.5 Å². The molecule has 64 heavy (non-hydrogen) atoms. The molecule has 326 valence electrons. The molecule has 2 aliphatic heterocycles. The zero-order valence-electron chi connectivity index (χ0n) is 35.8. The molecule has 0 unspecified atom stereocenters. The summed E-state index contributed by atoms with van der Waals surface area (Å²) in [5, 5.41) is 13.0. The molecule has 4 amide bonds. The molecule has 2 heterocycles. The SMILES string of the molecule is O=C1N[C@H](c2ccccc2)[C@@H](c2ccccc2)NC(=O)c2cc3cc(c2)C(=O)N[C@H](c2ccccc2)[C@@H](c2ccccc2)NC(=O)c2cc(cc1c2)OCCCCCCCCCCO3. The van der Waals surface area contributed by atoms with E-state index in [1.165, 1.54) is 0 Å². The Morgan fingerprint density at radius 2 is 0.547 bits per heavy atom. The summed E-state index contributed by atoms with van der Waals surface area (Å²) in [4.78, 5) is 59.2. The largest absolute Gasteiger partial charge is 0.494 e. The number of benzene rings is 6. The van der Waals surface area contributed by atoms with Crippen LogP contribution in [0.15, 0.2) is 158 Å². The third kappa shape index (κ3) is 11.1. The minimum Gasteiger partial charge on any atom is -0.494 e. The molecule has 2 aliphatic rings. The topological polar surface area (TPSA) is 135 Å². The predicted molar refractivity (Wildman–Crippen MR) is 247 cm³/mol. The first kappa shape index (κ1) is 43.4. The molecule has 0 fully saturated rings. The van der Waals surface area contributed by atoms with Crippen molar-refractivity contribution in [2.45, 2.75) is 75.5 Å². The van der Waals surface area contributed by atoms with Crippen LogP contribution in [0.25, 0.3) is 0 Å². The van der Waals surface area contributed by atoms with Gasteiger partial charge in [0.1, 0.15) is 11.5 Å². The van der Waals surface area contributed by atoms with Crippen molar-refractivity contribution in [1.82, 2.24) is 21.3 Å². The second-order valence-corrected chi connectivity index (χ2v) is 16.5. The van der Waals surface area contributed by atoms with Crippen molar-refractivity contribution in [2.24, 2.45) is 0 Å². The van der Waals surface area contributed by atoms with Crippen LogP contribution >= 0.6 is 0 Å². The highest BCUT2D eigenvalue weighted by Crippen LogP contribution is 2.34. The summed E-state index contributed by atoms with van der Waals surface area (Å²) < 4.78 is 12.7. The van der Waals surface area contributed by atoms with Crippen molar-refractivity contribution in [3.05, 3.63) is 202 Å². The fourth-order valence-corrected chi connectivity index (χ4v) is 8.51. The zero-order valence-corrected chi connectivity index (χ0v) is 35.8. The molecule has 10 nitrogen and oxygen atoms in total. The number of carbonyl (C=O) groups excluding carboxylic acids is 4. The predicted octanol–water partition coefficient (Wildman–Crippen LogP) is 10.2. The van der Waals surface area contributed by atoms with Gasteiger partial charge in [-0.15, -0.1) is 0 Å². The summed E-state index contributed by atoms with van der Waals surface area (Å²) in [6.07, 6.45) is 7.97. The van der Waals surface area contributed by atoms with Crippen LogP contribution in [0.3, 0.4) is 0 Å². The monoisotopic (exact) mass is 854 g/mol. The van der Waals surface area contributed by atoms with Crippen molar-refractivity contribution in [2.75, 3.05) is 13.2 Å². The van der Waals surface area contributed by atoms with Gasteiger partial charge in [0.05, 0.1) is 37.4 Å². The fraction of sp³-hybridized carbons (Fsp3) is 0.259. The fourth-order valence-electron chi connectivity index (χ4n) is 8.51. The van der Waals surface area contributed by atoms with Gasteiger partial charge in [0.15, 0.2) is 0 Å². The third-order valence-electron chi connectivity index (χ3n) is 11.9. The van der Waals surface area contributed by atoms with Crippen LogP contribution in [0, 0.1) is 0 Å². The summed E-state index contributed by atoms with van der Waals surface area (Å²) in [6, 6.07) is 44.4. The maximum atomic E-state index is 14.8. The number of fused-ring (bicyclic) bond motifs is 9. The van der Waals surface area contributed by atoms with E-state index in [2.05, 4.69) is 21.3 Å². The number of rotatable bonds is 4. The minimum absolute atomic E-state index is 0.205. The van der Waals surface area contributed by atoms with E-state index < -0.39 is 47.8 Å². The molecule has 0 spiro atoms. The zero-order chi connectivity index (χ0) is 44.1. The molecule has 10 heteroatoms. The first-order valence-corrected chi connectivity index (χ1v) is 22.4. The van der Waals surface area contributed by atoms with Crippen molar-refractivity contribution >= 4 is 23.6 Å². The Balaban J connectivity index is 1.32. The summed E-state index contributed by atoms with van der Waals surface area (Å²) in [6.45, 7) is 0.822. The molecule has 6 aromatic carbocycles. The second kappa shape index (κ2) is 21.3. The maximum absolute atomic E-state index is 14.8. The van der Waals surface area contributed by atoms with Crippen LogP contribution in [0.4, 0.5) is 0 Å². The highest BCUT2D eigenvalue weighted by atomic mass is 16.5. The van der Waals surface area contributed by atoms with Gasteiger partial charge >= 0.3 is 0 Å². The van der Waals surface area contributed by atoms with Crippen LogP contribution in [-0.2, 0) is 0 Å². The standard InChI is InChI=1S/C54H54N4O6/c59-51-41-31-42-34-45(33-41)63-29-19-5-3-1-2-4-6-20-30-64-46-35-43(53(61)57-49(39-25-15-9-16-26-39)47(55-51)37-21-11-7-12-22-37)32-44(36-46)54(62)58-50(40-27-17-10-18-28-40)48(56-52(42)60)38-23-13-8-14-24-38/h7-18,21-28,31-36,47-50H,1-6,19-20,29-30H2,(H,55,59)(H,56,60)(H,57,61)(H,58,62)/t47-,48-,49-,50-/m1/s1. The molecule has 4 N–H and O–H groups in total. The van der Waals surface area contributed by atoms with Crippen molar-refractivity contribution in [3.8, 4) is 11.5 Å². The van der Waals surface area contributed by atoms with Gasteiger partial charge in [0, 0.05) is 22.3 Å². The van der Waals surface area contributed by atoms with E-state index in [0.717, 1.165) is 73.6 Å². The van der Waals surface area contributed by atoms with Crippen molar-refractivity contribution < 1.29 is 28.7 Å². The average molecular weight is 855 g/mol. The van der Waals surface area contributed by atoms with E-state index in [1.54, 1.807) is 36.4 Å². The molecular weight excluding hydrogens is 801 g/mol. The first-order valence-electron chi connectivity index (χ1n) is 22.4. The van der Waals surface area contributed by atoms with Crippen LogP contribution in [-0.4, -0.2) is 36.8 Å². The van der Waals surface area contributed by atoms with Gasteiger partial charge in [-0.3, -0.25) is 19.2 Å². The quantitative estimate of drug-likeness (QED) is 0.140. The Labute approximate surface area is 374 Å². The maximum Gasteiger partial charge on any atom is 0.252 e. The Morgan fingerprint density at radius 3 is 0.797 bits per heavy atom. The Kier molecular flexibility index (Phi) is 14.4. The minimum atomic E-state index is -0.789. The molecule has 0 radical (unpaired) electrons. The van der Waals surface area contributed by atoms with Crippen molar-refractivity contribution in [3.63, 3.8) is 0 Å². The van der Waals surface area contributed by atoms with Crippen LogP contribution in [0.2, 0.25) is 0 Å². The number of hydrogen-bond acceptors (Lipinski definition) is 6. The molecule has 6 bridgehead atoms. The Hall–Kier alpha value is -7.20. The smallest absolute Gasteiger partial charge is 0.252 e. The molecule has 0 saturated heterocycles. The van der Waals surface area contributed by atoms with Gasteiger partial charge in [-0.25, -0.2) is 0 Å². The van der Waals surface area contributed by atoms with Gasteiger partial charge in [-0.1, -0.05) is 160 Å². The van der Waals surface area contributed by atoms with Gasteiger partial charge in [-0.05, 0) is 71.5 Å². The number of nitrogens with one attached hydrogen (secondary N) is 4. The summed E-state index contributed by atoms with van der Waals surface area (Å²) >= 11 is 0. The summed E-state index contributed by atoms with van der Waals surface area (Å²) in [7, 11) is 0. The lowest BCUT2D eigenvalue weighted by atomic mass is 9.91. The first-order chi connectivity index (χ1) is 31.4. The average Bonchev–Trinajstić information content (AvgIpc) is 3.34. The molecule has 6 aromatic rings. The van der Waals surface area contributed by atoms with Gasteiger partial charge in [-0.2, -0.15) is 0 Å². The van der Waals surface area contributed by atoms with Gasteiger partial charge in [0.2, 0.25) is 0 Å². The lowest BCUT2D eigenvalue weighted by molar-refractivity contribution is 0.0873. The lowest BCUT2D eigenvalue weighted by Gasteiger charge is -2.31. The number of amides is 4. The Bertz CT molecular complexity index is 2190. The number of hydrogen-bond donors (Lipinski definition) is 4. The van der Waals surface area contributed by atoms with Crippen molar-refractivity contribution in [1.29, 1.82) is 0 Å². The lowest BCUT2D eigenvalue weighted by Crippen LogP contribution is -2.42. The van der Waals surface area contributed by atoms with E-state index >= 15 is 0 Å². The highest BCUT2D eigenvalue weighted by Gasteiger charge is 2.33. The summed E-state index contributed by atoms with van der Waals surface area (Å²) in [5.74, 6) is -1.11. The van der Waals surface area contributed by atoms with Crippen LogP contribution in [0.1, 0.15) is 139 Å². The van der Waals surface area contributed by atoms with E-state index in [9.17, 15) is 19.2 Å². The van der Waals surface area contributed by atoms with Gasteiger partial charge < -0.3 is 30.7 Å². The van der Waals surface area contributed by atoms with Gasteiger partial charge in [0.25, 0.3) is 23.6 Å². The normalized spacial score (nSPS) is 20.4. The molecule has 8 rings (SSSR count). The third-order valence-corrected chi connectivity index (χ3v) is 11.9. The van der Waals surface area contributed by atoms with Crippen LogP contribution < -0.4 is 30.7 Å². The molecular formula is C54H54N4O6. The summed E-state index contributed by atoms with van der Waals surface area (Å²) in [5.41, 5.74) is 3.77. The van der Waals surface area contributed by atoms with E-state index in [-0.39, 0.29) is 22.3 Å². The number of carbonyl (C=O) groups is 4. The van der Waals surface area contributed by atoms with E-state index in [4.69, 9.17) is 9.47 Å². The van der Waals surface area contributed by atoms with E-state index in [1.807, 2.05) is 121 Å². The molecule has 0 saturated carbocycles. The second-order valence-electron chi connectivity index (χ2n) is 16.5.